The van der Waals surface area contributed by atoms with Gasteiger partial charge in [0.05, 0.1) is 29.8 Å². The van der Waals surface area contributed by atoms with E-state index in [1.54, 1.807) is 91.0 Å². The Balaban J connectivity index is 1.44. The lowest BCUT2D eigenvalue weighted by atomic mass is 10.1. The molecule has 10 aromatic rings. The Hall–Kier alpha value is -11.0. The molecule has 15 nitrogen and oxygen atoms in total. The minimum absolute atomic E-state index is 0.269. The number of rotatable bonds is 12. The third kappa shape index (κ3) is 8.52. The molecule has 3 heterocycles. The third-order valence-electron chi connectivity index (χ3n) is 12.5. The minimum Gasteiger partial charge on any atom is -0.423 e. The van der Waals surface area contributed by atoms with Crippen LogP contribution in [0.1, 0.15) is 27.8 Å². The van der Waals surface area contributed by atoms with E-state index in [-0.39, 0.29) is 17.2 Å². The molecule has 7 aromatic carbocycles. The standard InChI is InChI=1S/C60H39N9O6/c1-8-49(70)73-45-22-16-42(17-23-45)67-55-52-56(68(43-18-24-46(25-19-43)74-50(71)9-2)58(64-52)37-11-13-40(32-61)34(4)29-37)54-57(53(55)65-59(67)38-12-14-41(33-62)35(5)30-38)69(44-20-26-47(27-21-44)75-51(72)10-3)60(66-54)39-15-28-48(63-7)36(6)31-39/h8-31H,1-3H2,4-6H3. The van der Waals surface area contributed by atoms with Gasteiger partial charge < -0.3 is 14.2 Å². The Kier molecular flexibility index (Phi) is 12.3. The summed E-state index contributed by atoms with van der Waals surface area (Å²) in [6, 6.07) is 41.7. The maximum Gasteiger partial charge on any atom is 0.335 e. The molecule has 0 aliphatic heterocycles. The van der Waals surface area contributed by atoms with E-state index >= 15 is 0 Å². The molecule has 0 radical (unpaired) electrons. The molecule has 0 saturated carbocycles. The Morgan fingerprint density at radius 2 is 0.800 bits per heavy atom. The predicted molar refractivity (Wildman–Crippen MR) is 284 cm³/mol. The first-order valence-electron chi connectivity index (χ1n) is 23.1. The van der Waals surface area contributed by atoms with Gasteiger partial charge in [-0.2, -0.15) is 10.5 Å². The first-order valence-corrected chi connectivity index (χ1v) is 23.1. The predicted octanol–water partition coefficient (Wildman–Crippen LogP) is 12.2. The van der Waals surface area contributed by atoms with Crippen molar-refractivity contribution in [1.82, 2.24) is 28.7 Å². The highest BCUT2D eigenvalue weighted by Crippen LogP contribution is 2.45. The first kappa shape index (κ1) is 47.7. The third-order valence-corrected chi connectivity index (χ3v) is 12.5. The molecule has 0 bridgehead atoms. The zero-order valence-corrected chi connectivity index (χ0v) is 40.5. The van der Waals surface area contributed by atoms with Crippen molar-refractivity contribution in [3.63, 3.8) is 0 Å². The van der Waals surface area contributed by atoms with E-state index in [0.29, 0.717) is 118 Å². The van der Waals surface area contributed by atoms with Gasteiger partial charge in [0, 0.05) is 52.0 Å². The number of nitrogens with zero attached hydrogens (tertiary/aromatic N) is 9. The van der Waals surface area contributed by atoms with E-state index in [2.05, 4.69) is 36.7 Å². The van der Waals surface area contributed by atoms with Gasteiger partial charge in [-0.15, -0.1) is 0 Å². The lowest BCUT2D eigenvalue weighted by molar-refractivity contribution is -0.129. The van der Waals surface area contributed by atoms with Gasteiger partial charge in [0.1, 0.15) is 67.8 Å². The largest absolute Gasteiger partial charge is 0.423 e. The normalized spacial score (nSPS) is 10.9. The Bertz CT molecular complexity index is 3750. The number of imidazole rings is 3. The monoisotopic (exact) mass is 981 g/mol. The van der Waals surface area contributed by atoms with Gasteiger partial charge in [0.25, 0.3) is 0 Å². The second kappa shape index (κ2) is 19.3. The molecular weight excluding hydrogens is 943 g/mol. The fourth-order valence-electron chi connectivity index (χ4n) is 8.99. The number of ether oxygens (including phenoxy) is 3. The summed E-state index contributed by atoms with van der Waals surface area (Å²) in [6.45, 7) is 24.0. The molecule has 0 unspecified atom stereocenters. The van der Waals surface area contributed by atoms with Crippen molar-refractivity contribution >= 4 is 56.7 Å². The summed E-state index contributed by atoms with van der Waals surface area (Å²) < 4.78 is 22.4. The minimum atomic E-state index is -0.633. The molecule has 0 N–H and O–H groups in total. The van der Waals surface area contributed by atoms with E-state index < -0.39 is 17.9 Å². The Labute approximate surface area is 428 Å². The van der Waals surface area contributed by atoms with Crippen LogP contribution < -0.4 is 14.2 Å². The quantitative estimate of drug-likeness (QED) is 0.0491. The summed E-state index contributed by atoms with van der Waals surface area (Å²) in [5.41, 5.74) is 10.3. The van der Waals surface area contributed by atoms with Crippen LogP contribution in [0.5, 0.6) is 17.2 Å². The van der Waals surface area contributed by atoms with Crippen LogP contribution in [0.2, 0.25) is 0 Å². The summed E-state index contributed by atoms with van der Waals surface area (Å²) in [6.07, 6.45) is 3.23. The number of benzene rings is 7. The molecule has 0 aliphatic rings. The number of hydrogen-bond donors (Lipinski definition) is 0. The van der Waals surface area contributed by atoms with Crippen LogP contribution in [0.15, 0.2) is 165 Å². The number of aryl methyl sites for hydroxylation is 3. The number of carbonyl (C=O) groups is 3. The van der Waals surface area contributed by atoms with Crippen molar-refractivity contribution in [2.75, 3.05) is 0 Å². The van der Waals surface area contributed by atoms with Gasteiger partial charge in [-0.3, -0.25) is 13.7 Å². The maximum atomic E-state index is 12.4. The molecule has 0 spiro atoms. The summed E-state index contributed by atoms with van der Waals surface area (Å²) in [7, 11) is 0. The van der Waals surface area contributed by atoms with E-state index in [4.69, 9.17) is 35.7 Å². The van der Waals surface area contributed by atoms with Crippen LogP contribution in [-0.2, 0) is 14.4 Å². The average molecular weight is 982 g/mol. The number of aromatic nitrogens is 6. The van der Waals surface area contributed by atoms with Crippen LogP contribution in [0, 0.1) is 50.0 Å². The van der Waals surface area contributed by atoms with Crippen LogP contribution in [0.4, 0.5) is 5.69 Å². The van der Waals surface area contributed by atoms with Gasteiger partial charge >= 0.3 is 17.9 Å². The molecule has 0 atom stereocenters. The number of carbonyl (C=O) groups excluding carboxylic acids is 3. The van der Waals surface area contributed by atoms with Crippen molar-refractivity contribution in [1.29, 1.82) is 10.5 Å². The first-order chi connectivity index (χ1) is 36.4. The van der Waals surface area contributed by atoms with Crippen LogP contribution in [0.3, 0.4) is 0 Å². The SMILES string of the molecule is [C-]#[N+]c1ccc(-c2nc3c4c(nc(-c5ccc(C#N)c(C)c5)n4-c4ccc(OC(=O)C=C)cc4)c4c(nc(-c5ccc(C#N)c(C)c5)n4-c4ccc(OC(=O)C=C)cc4)c3n2-c2ccc(OC(=O)C=C)cc2)cc1C. The summed E-state index contributed by atoms with van der Waals surface area (Å²) in [5.74, 6) is 0.288. The van der Waals surface area contributed by atoms with Crippen molar-refractivity contribution in [3.05, 3.63) is 205 Å². The molecule has 0 aliphatic carbocycles. The van der Waals surface area contributed by atoms with Crippen molar-refractivity contribution in [3.8, 4) is 80.6 Å². The molecule has 15 heteroatoms. The van der Waals surface area contributed by atoms with Crippen LogP contribution >= 0.6 is 0 Å². The molecule has 75 heavy (non-hydrogen) atoms. The van der Waals surface area contributed by atoms with E-state index in [1.807, 2.05) is 70.9 Å². The second-order valence-electron chi connectivity index (χ2n) is 17.2. The van der Waals surface area contributed by atoms with Gasteiger partial charge in [-0.1, -0.05) is 37.9 Å². The average Bonchev–Trinajstić information content (AvgIpc) is 4.15. The lowest BCUT2D eigenvalue weighted by Crippen LogP contribution is -2.04. The Morgan fingerprint density at radius 1 is 0.493 bits per heavy atom. The lowest BCUT2D eigenvalue weighted by Gasteiger charge is -2.14. The molecule has 3 aromatic heterocycles. The summed E-state index contributed by atoms with van der Waals surface area (Å²) in [4.78, 5) is 57.5. The van der Waals surface area contributed by atoms with Crippen molar-refractivity contribution in [2.24, 2.45) is 0 Å². The molecule has 10 rings (SSSR count). The van der Waals surface area contributed by atoms with E-state index in [1.165, 1.54) is 0 Å². The number of fused-ring (bicyclic) bond motifs is 6. The van der Waals surface area contributed by atoms with Gasteiger partial charge in [-0.25, -0.2) is 34.2 Å². The summed E-state index contributed by atoms with van der Waals surface area (Å²) >= 11 is 0. The van der Waals surface area contributed by atoms with Crippen molar-refractivity contribution < 1.29 is 28.6 Å². The molecular formula is C60H39N9O6. The fourth-order valence-corrected chi connectivity index (χ4v) is 8.99. The van der Waals surface area contributed by atoms with Crippen LogP contribution in [0.25, 0.3) is 89.2 Å². The van der Waals surface area contributed by atoms with E-state index in [9.17, 15) is 24.9 Å². The van der Waals surface area contributed by atoms with Gasteiger partial charge in [-0.05, 0) is 147 Å². The molecule has 360 valence electrons. The zero-order valence-electron chi connectivity index (χ0n) is 40.5. The molecule has 0 fully saturated rings. The summed E-state index contributed by atoms with van der Waals surface area (Å²) in [5, 5.41) is 20.1. The highest BCUT2D eigenvalue weighted by atomic mass is 16.5. The smallest absolute Gasteiger partial charge is 0.335 e. The second-order valence-corrected chi connectivity index (χ2v) is 17.2. The number of esters is 3. The molecule has 0 saturated heterocycles. The van der Waals surface area contributed by atoms with Gasteiger partial charge in [0.2, 0.25) is 0 Å². The molecule has 0 amide bonds. The fraction of sp³-hybridized carbons (Fsp3) is 0.0500. The van der Waals surface area contributed by atoms with Crippen molar-refractivity contribution in [2.45, 2.75) is 20.8 Å². The maximum absolute atomic E-state index is 12.4. The van der Waals surface area contributed by atoms with Crippen LogP contribution in [-0.4, -0.2) is 46.6 Å². The van der Waals surface area contributed by atoms with E-state index in [0.717, 1.165) is 18.2 Å². The number of nitriles is 2. The zero-order chi connectivity index (χ0) is 52.7. The Morgan fingerprint density at radius 3 is 1.07 bits per heavy atom. The van der Waals surface area contributed by atoms with Gasteiger partial charge in [0.15, 0.2) is 5.69 Å². The highest BCUT2D eigenvalue weighted by molar-refractivity contribution is 6.22. The topological polar surface area (TPSA) is 184 Å². The number of hydrogen-bond acceptors (Lipinski definition) is 11. The highest BCUT2D eigenvalue weighted by Gasteiger charge is 2.31.